The van der Waals surface area contributed by atoms with E-state index in [0.717, 1.165) is 6.42 Å². The Labute approximate surface area is 147 Å². The third-order valence-corrected chi connectivity index (χ3v) is 3.19. The van der Waals surface area contributed by atoms with Gasteiger partial charge in [0.25, 0.3) is 0 Å². The third kappa shape index (κ3) is 5.92. The van der Waals surface area contributed by atoms with Crippen molar-refractivity contribution in [2.45, 2.75) is 19.3 Å². The molecule has 104 valence electrons. The van der Waals surface area contributed by atoms with Gasteiger partial charge in [-0.2, -0.15) is 0 Å². The summed E-state index contributed by atoms with van der Waals surface area (Å²) in [6.07, 6.45) is 0.935. The van der Waals surface area contributed by atoms with E-state index in [2.05, 4.69) is 19.1 Å². The second-order valence-electron chi connectivity index (χ2n) is 4.82. The minimum Gasteiger partial charge on any atom is -0.546 e. The monoisotopic (exact) mass is 292 g/mol. The van der Waals surface area contributed by atoms with Crippen LogP contribution >= 0.6 is 0 Å². The van der Waals surface area contributed by atoms with E-state index in [-0.39, 0.29) is 29.6 Å². The Morgan fingerprint density at radius 1 is 1.10 bits per heavy atom. The van der Waals surface area contributed by atoms with Gasteiger partial charge in [-0.05, 0) is 35.6 Å². The van der Waals surface area contributed by atoms with Crippen molar-refractivity contribution in [2.24, 2.45) is 0 Å². The summed E-state index contributed by atoms with van der Waals surface area (Å²) in [6, 6.07) is 17.9. The number of carboxylic acid groups (broad SMARTS) is 1. The summed E-state index contributed by atoms with van der Waals surface area (Å²) in [4.78, 5) is 10.3. The van der Waals surface area contributed by atoms with Crippen LogP contribution in [0, 0.1) is 0 Å². The molecule has 0 fully saturated rings. The average Bonchev–Trinajstić information content (AvgIpc) is 2.47. The van der Waals surface area contributed by atoms with Gasteiger partial charge in [0.15, 0.2) is 0 Å². The number of hydrogen-bond donors (Lipinski definition) is 0. The first-order valence-electron chi connectivity index (χ1n) is 6.61. The fourth-order valence-corrected chi connectivity index (χ4v) is 2.12. The second kappa shape index (κ2) is 8.88. The number of carbonyl (C=O) groups excluding carboxylic acids is 1. The maximum atomic E-state index is 10.3. The third-order valence-electron chi connectivity index (χ3n) is 3.19. The van der Waals surface area contributed by atoms with Gasteiger partial charge in [0.1, 0.15) is 12.4 Å². The summed E-state index contributed by atoms with van der Waals surface area (Å²) in [5.74, 6) is -0.233. The molecule has 1 atom stereocenters. The van der Waals surface area contributed by atoms with Crippen molar-refractivity contribution < 1.29 is 44.2 Å². The molecular weight excluding hydrogens is 275 g/mol. The molecule has 0 saturated carbocycles. The Kier molecular flexibility index (Phi) is 7.51. The van der Waals surface area contributed by atoms with E-state index in [4.69, 9.17) is 4.74 Å². The Morgan fingerprint density at radius 3 is 2.29 bits per heavy atom. The Morgan fingerprint density at radius 2 is 1.71 bits per heavy atom. The standard InChI is InChI=1S/C17H18O3.Na/c1-13(15-5-3-2-4-6-15)11-14-7-9-16(10-8-14)20-12-17(18)19;/h2-10,13H,11-12H2,1H3,(H,18,19);/q;+1/p-1. The molecule has 0 aliphatic carbocycles. The van der Waals surface area contributed by atoms with Crippen LogP contribution in [0.1, 0.15) is 24.0 Å². The molecule has 0 aliphatic heterocycles. The van der Waals surface area contributed by atoms with E-state index >= 15 is 0 Å². The van der Waals surface area contributed by atoms with Gasteiger partial charge in [-0.3, -0.25) is 0 Å². The predicted octanol–water partition coefficient (Wildman–Crippen LogP) is -0.834. The summed E-state index contributed by atoms with van der Waals surface area (Å²) < 4.78 is 5.05. The second-order valence-corrected chi connectivity index (χ2v) is 4.82. The number of hydrogen-bond acceptors (Lipinski definition) is 3. The summed E-state index contributed by atoms with van der Waals surface area (Å²) in [7, 11) is 0. The number of rotatable bonds is 6. The van der Waals surface area contributed by atoms with E-state index in [1.807, 2.05) is 30.3 Å². The van der Waals surface area contributed by atoms with Gasteiger partial charge in [-0.25, -0.2) is 0 Å². The molecule has 2 aromatic rings. The molecule has 0 saturated heterocycles. The summed E-state index contributed by atoms with van der Waals surface area (Å²) in [5.41, 5.74) is 2.51. The molecule has 2 rings (SSSR count). The van der Waals surface area contributed by atoms with Crippen LogP contribution in [0.4, 0.5) is 0 Å². The number of carbonyl (C=O) groups is 1. The zero-order chi connectivity index (χ0) is 14.4. The molecule has 0 spiro atoms. The Bertz CT molecular complexity index is 552. The van der Waals surface area contributed by atoms with E-state index in [9.17, 15) is 9.90 Å². The maximum Gasteiger partial charge on any atom is 1.00 e. The zero-order valence-corrected chi connectivity index (χ0v) is 14.4. The van der Waals surface area contributed by atoms with Crippen LogP contribution in [0.5, 0.6) is 5.75 Å². The van der Waals surface area contributed by atoms with Gasteiger partial charge >= 0.3 is 29.6 Å². The molecule has 0 N–H and O–H groups in total. The predicted molar refractivity (Wildman–Crippen MR) is 75.5 cm³/mol. The van der Waals surface area contributed by atoms with Crippen molar-refractivity contribution in [3.8, 4) is 5.75 Å². The van der Waals surface area contributed by atoms with E-state index in [1.54, 1.807) is 12.1 Å². The molecule has 0 heterocycles. The van der Waals surface area contributed by atoms with Gasteiger partial charge in [0, 0.05) is 0 Å². The van der Waals surface area contributed by atoms with Crippen LogP contribution in [0.3, 0.4) is 0 Å². The van der Waals surface area contributed by atoms with Crippen molar-refractivity contribution in [3.05, 3.63) is 65.7 Å². The van der Waals surface area contributed by atoms with Crippen LogP contribution < -0.4 is 39.4 Å². The number of aliphatic carboxylic acids is 1. The quantitative estimate of drug-likeness (QED) is 0.653. The average molecular weight is 292 g/mol. The van der Waals surface area contributed by atoms with Gasteiger partial charge in [-0.15, -0.1) is 0 Å². The van der Waals surface area contributed by atoms with Crippen molar-refractivity contribution in [1.82, 2.24) is 0 Å². The summed E-state index contributed by atoms with van der Waals surface area (Å²) >= 11 is 0. The minimum atomic E-state index is -1.22. The fourth-order valence-electron chi connectivity index (χ4n) is 2.12. The normalized spacial score (nSPS) is 11.3. The van der Waals surface area contributed by atoms with Gasteiger partial charge in [0.05, 0.1) is 5.97 Å². The van der Waals surface area contributed by atoms with Gasteiger partial charge in [0.2, 0.25) is 0 Å². The molecule has 1 unspecified atom stereocenters. The van der Waals surface area contributed by atoms with Crippen LogP contribution in [0.25, 0.3) is 0 Å². The molecule has 0 amide bonds. The van der Waals surface area contributed by atoms with Crippen molar-refractivity contribution in [2.75, 3.05) is 6.61 Å². The van der Waals surface area contributed by atoms with Crippen molar-refractivity contribution >= 4 is 5.97 Å². The van der Waals surface area contributed by atoms with Crippen LogP contribution in [-0.4, -0.2) is 12.6 Å². The van der Waals surface area contributed by atoms with Crippen LogP contribution in [0.15, 0.2) is 54.6 Å². The van der Waals surface area contributed by atoms with Crippen molar-refractivity contribution in [1.29, 1.82) is 0 Å². The van der Waals surface area contributed by atoms with Gasteiger partial charge < -0.3 is 14.6 Å². The van der Waals surface area contributed by atoms with E-state index in [0.29, 0.717) is 11.7 Å². The van der Waals surface area contributed by atoms with Gasteiger partial charge in [-0.1, -0.05) is 49.4 Å². The zero-order valence-electron chi connectivity index (χ0n) is 12.4. The molecule has 0 aliphatic rings. The van der Waals surface area contributed by atoms with E-state index in [1.165, 1.54) is 11.1 Å². The molecule has 0 bridgehead atoms. The number of carboxylic acids is 1. The van der Waals surface area contributed by atoms with Crippen LogP contribution in [-0.2, 0) is 11.2 Å². The smallest absolute Gasteiger partial charge is 0.546 e. The molecule has 3 nitrogen and oxygen atoms in total. The molecule has 0 radical (unpaired) electrons. The summed E-state index contributed by atoms with van der Waals surface area (Å²) in [6.45, 7) is 1.77. The SMILES string of the molecule is CC(Cc1ccc(OCC(=O)[O-])cc1)c1ccccc1.[Na+]. The topological polar surface area (TPSA) is 49.4 Å². The number of ether oxygens (including phenoxy) is 1. The molecule has 0 aromatic heterocycles. The van der Waals surface area contributed by atoms with Crippen molar-refractivity contribution in [3.63, 3.8) is 0 Å². The fraction of sp³-hybridized carbons (Fsp3) is 0.235. The molecule has 2 aromatic carbocycles. The first-order chi connectivity index (χ1) is 9.65. The molecule has 4 heteroatoms. The Balaban J connectivity index is 0.00000220. The molecule has 21 heavy (non-hydrogen) atoms. The first kappa shape index (κ1) is 17.8. The van der Waals surface area contributed by atoms with E-state index < -0.39 is 12.6 Å². The number of benzene rings is 2. The largest absolute Gasteiger partial charge is 1.00 e. The van der Waals surface area contributed by atoms with Crippen LogP contribution in [0.2, 0.25) is 0 Å². The maximum absolute atomic E-state index is 10.3. The first-order valence-corrected chi connectivity index (χ1v) is 6.61. The summed E-state index contributed by atoms with van der Waals surface area (Å²) in [5, 5.41) is 10.3. The molecular formula is C17H17NaO3. The minimum absolute atomic E-state index is 0. The Hall–Kier alpha value is -1.29.